The van der Waals surface area contributed by atoms with E-state index in [1.54, 1.807) is 18.2 Å². The van der Waals surface area contributed by atoms with Crippen LogP contribution in [-0.2, 0) is 13.2 Å². The predicted molar refractivity (Wildman–Crippen MR) is 164 cm³/mol. The lowest BCUT2D eigenvalue weighted by Crippen LogP contribution is -2.05. The Bertz CT molecular complexity index is 1460. The van der Waals surface area contributed by atoms with Crippen LogP contribution in [0, 0.1) is 0 Å². The first-order valence-corrected chi connectivity index (χ1v) is 14.4. The van der Waals surface area contributed by atoms with Crippen molar-refractivity contribution in [2.75, 3.05) is 6.61 Å². The van der Waals surface area contributed by atoms with E-state index in [9.17, 15) is 9.90 Å². The molecule has 4 aromatic heterocycles. The molecule has 2 N–H and O–H groups in total. The Morgan fingerprint density at radius 2 is 1.62 bits per heavy atom. The van der Waals surface area contributed by atoms with Crippen molar-refractivity contribution < 1.29 is 24.3 Å². The zero-order valence-corrected chi connectivity index (χ0v) is 26.0. The van der Waals surface area contributed by atoms with Crippen molar-refractivity contribution in [3.63, 3.8) is 0 Å². The van der Waals surface area contributed by atoms with Crippen molar-refractivity contribution in [2.24, 2.45) is 0 Å². The highest BCUT2D eigenvalue weighted by molar-refractivity contribution is 5.97. The van der Waals surface area contributed by atoms with Gasteiger partial charge in [-0.2, -0.15) is 4.52 Å². The summed E-state index contributed by atoms with van der Waals surface area (Å²) in [5.74, 6) is 0.991. The summed E-state index contributed by atoms with van der Waals surface area (Å²) in [5.41, 5.74) is 2.13. The molecule has 5 rings (SSSR count). The molecule has 42 heavy (non-hydrogen) atoms. The molecule has 0 saturated heterocycles. The Hall–Kier alpha value is -4.22. The number of carbonyl (C=O) groups excluding carboxylic acids is 1. The lowest BCUT2D eigenvalue weighted by molar-refractivity contribution is 0.101. The summed E-state index contributed by atoms with van der Waals surface area (Å²) in [4.78, 5) is 15.7. The topological polar surface area (TPSA) is 149 Å². The first-order valence-electron chi connectivity index (χ1n) is 14.4. The third kappa shape index (κ3) is 9.71. The van der Waals surface area contributed by atoms with Crippen molar-refractivity contribution in [2.45, 2.75) is 81.4 Å². The van der Waals surface area contributed by atoms with Crippen molar-refractivity contribution in [1.29, 1.82) is 0 Å². The monoisotopic (exact) mass is 580 g/mol. The summed E-state index contributed by atoms with van der Waals surface area (Å²) >= 11 is 0. The first kappa shape index (κ1) is 35.8. The molecule has 0 bridgehead atoms. The van der Waals surface area contributed by atoms with E-state index in [2.05, 4.69) is 39.3 Å². The van der Waals surface area contributed by atoms with Crippen molar-refractivity contribution in [3.8, 4) is 17.4 Å². The Morgan fingerprint density at radius 3 is 2.14 bits per heavy atom. The molecule has 228 valence electrons. The standard InChI is InChI=1S/C21H16N6O4.C3H8O.C3H8.2C2H6/c1-12(29)13-6-7-14(22-9-13)11-30-21-17-5-3-2-4-16(17)19-23-24-20(27(19)25-21)18-8-15(10-28)31-26-18;1-2-3-4;1-3-2;2*1-2/h2-9,28H,10-11H2,1H3;4H,2-3H2,1H3;3H2,1-2H3;2*1-2H3. The van der Waals surface area contributed by atoms with Gasteiger partial charge in [-0.3, -0.25) is 9.78 Å². The maximum absolute atomic E-state index is 11.4. The summed E-state index contributed by atoms with van der Waals surface area (Å²) in [6, 6.07) is 12.6. The van der Waals surface area contributed by atoms with Crippen LogP contribution in [0.2, 0.25) is 0 Å². The van der Waals surface area contributed by atoms with Gasteiger partial charge in [0.05, 0.1) is 5.69 Å². The van der Waals surface area contributed by atoms with Crippen LogP contribution in [0.3, 0.4) is 0 Å². The molecule has 0 spiro atoms. The number of benzene rings is 1. The van der Waals surface area contributed by atoms with Gasteiger partial charge in [-0.05, 0) is 31.5 Å². The maximum Gasteiger partial charge on any atom is 0.240 e. The van der Waals surface area contributed by atoms with Crippen LogP contribution >= 0.6 is 0 Å². The largest absolute Gasteiger partial charge is 0.470 e. The van der Waals surface area contributed by atoms with E-state index >= 15 is 0 Å². The smallest absolute Gasteiger partial charge is 0.240 e. The molecule has 11 heteroatoms. The van der Waals surface area contributed by atoms with E-state index in [1.165, 1.54) is 24.1 Å². The number of nitrogens with zero attached hydrogens (tertiary/aromatic N) is 6. The number of ether oxygens (including phenoxy) is 1. The molecule has 0 aliphatic carbocycles. The second-order valence-corrected chi connectivity index (χ2v) is 8.26. The molecule has 5 aromatic rings. The van der Waals surface area contributed by atoms with Crippen molar-refractivity contribution in [1.82, 2.24) is 30.0 Å². The molecule has 0 aliphatic rings. The summed E-state index contributed by atoms with van der Waals surface area (Å²) < 4.78 is 12.6. The maximum atomic E-state index is 11.4. The fraction of sp³-hybridized carbons (Fsp3) is 0.419. The van der Waals surface area contributed by atoms with Crippen molar-refractivity contribution in [3.05, 3.63) is 65.7 Å². The number of carbonyl (C=O) groups is 1. The average molecular weight is 581 g/mol. The second-order valence-electron chi connectivity index (χ2n) is 8.26. The summed E-state index contributed by atoms with van der Waals surface area (Å²) in [7, 11) is 0. The molecule has 0 saturated carbocycles. The molecule has 0 radical (unpaired) electrons. The van der Waals surface area contributed by atoms with E-state index < -0.39 is 0 Å². The highest BCUT2D eigenvalue weighted by Crippen LogP contribution is 2.29. The summed E-state index contributed by atoms with van der Waals surface area (Å²) in [6.45, 7) is 15.9. The minimum absolute atomic E-state index is 0.0459. The predicted octanol–water partition coefficient (Wildman–Crippen LogP) is 6.46. The Labute approximate surface area is 247 Å². The Kier molecular flexibility index (Phi) is 16.9. The zero-order valence-electron chi connectivity index (χ0n) is 26.0. The number of aromatic nitrogens is 6. The van der Waals surface area contributed by atoms with Gasteiger partial charge in [0.2, 0.25) is 11.7 Å². The van der Waals surface area contributed by atoms with E-state index in [1.807, 2.05) is 58.9 Å². The molecule has 11 nitrogen and oxygen atoms in total. The van der Waals surface area contributed by atoms with Gasteiger partial charge in [0, 0.05) is 35.2 Å². The normalized spacial score (nSPS) is 9.76. The molecule has 0 atom stereocenters. The van der Waals surface area contributed by atoms with E-state index in [0.29, 0.717) is 46.7 Å². The van der Waals surface area contributed by atoms with E-state index in [-0.39, 0.29) is 19.0 Å². The van der Waals surface area contributed by atoms with E-state index in [4.69, 9.17) is 14.4 Å². The van der Waals surface area contributed by atoms with Crippen LogP contribution in [0.15, 0.2) is 53.2 Å². The minimum Gasteiger partial charge on any atom is -0.470 e. The number of fused-ring (bicyclic) bond motifs is 3. The third-order valence-electron chi connectivity index (χ3n) is 4.99. The number of rotatable bonds is 7. The highest BCUT2D eigenvalue weighted by Gasteiger charge is 2.19. The summed E-state index contributed by atoms with van der Waals surface area (Å²) in [6.07, 6.45) is 3.65. The molecule has 0 fully saturated rings. The SMILES string of the molecule is CC.CC.CC(=O)c1ccc(COc2nn3c(-c4cc(CO)on4)nnc3c3ccccc23)nc1.CCC.CCCO. The van der Waals surface area contributed by atoms with Gasteiger partial charge < -0.3 is 19.5 Å². The van der Waals surface area contributed by atoms with Gasteiger partial charge in [0.15, 0.2) is 22.9 Å². The lowest BCUT2D eigenvalue weighted by atomic mass is 10.2. The zero-order chi connectivity index (χ0) is 31.5. The number of Topliss-reactive ketones (excluding diaryl/α,β-unsaturated/α-hetero) is 1. The Morgan fingerprint density at radius 1 is 0.976 bits per heavy atom. The third-order valence-corrected chi connectivity index (χ3v) is 4.99. The van der Waals surface area contributed by atoms with Gasteiger partial charge >= 0.3 is 0 Å². The first-order chi connectivity index (χ1) is 20.5. The van der Waals surface area contributed by atoms with Crippen LogP contribution in [0.1, 0.15) is 90.0 Å². The molecule has 4 heterocycles. The van der Waals surface area contributed by atoms with Gasteiger partial charge in [-0.15, -0.1) is 15.3 Å². The number of pyridine rings is 1. The quantitative estimate of drug-likeness (QED) is 0.205. The number of hydrogen-bond acceptors (Lipinski definition) is 10. The van der Waals surface area contributed by atoms with Crippen LogP contribution in [-0.4, -0.2) is 52.6 Å². The second kappa shape index (κ2) is 19.8. The minimum atomic E-state index is -0.274. The fourth-order valence-corrected chi connectivity index (χ4v) is 3.17. The van der Waals surface area contributed by atoms with Crippen LogP contribution < -0.4 is 4.74 Å². The van der Waals surface area contributed by atoms with Crippen LogP contribution in [0.25, 0.3) is 27.9 Å². The Balaban J connectivity index is 0.000000706. The highest BCUT2D eigenvalue weighted by atomic mass is 16.5. The van der Waals surface area contributed by atoms with Crippen molar-refractivity contribution >= 4 is 22.2 Å². The molecule has 1 aromatic carbocycles. The van der Waals surface area contributed by atoms with Crippen LogP contribution in [0.5, 0.6) is 5.88 Å². The van der Waals surface area contributed by atoms with Gasteiger partial charge in [0.25, 0.3) is 0 Å². The average Bonchev–Trinajstić information content (AvgIpc) is 3.70. The number of aliphatic hydroxyl groups is 2. The molecular weight excluding hydrogens is 536 g/mol. The number of aliphatic hydroxyl groups excluding tert-OH is 2. The molecule has 0 amide bonds. The molecule has 0 unspecified atom stereocenters. The summed E-state index contributed by atoms with van der Waals surface area (Å²) in [5, 5.41) is 35.6. The van der Waals surface area contributed by atoms with Crippen LogP contribution in [0.4, 0.5) is 0 Å². The number of hydrogen-bond donors (Lipinski definition) is 2. The van der Waals surface area contributed by atoms with Gasteiger partial charge in [0.1, 0.15) is 13.2 Å². The van der Waals surface area contributed by atoms with Gasteiger partial charge in [-0.25, -0.2) is 0 Å². The number of ketones is 1. The lowest BCUT2D eigenvalue weighted by Gasteiger charge is -2.09. The molecular formula is C31H44N6O5. The molecule has 0 aliphatic heterocycles. The van der Waals surface area contributed by atoms with E-state index in [0.717, 1.165) is 17.2 Å². The fourth-order valence-electron chi connectivity index (χ4n) is 3.17. The van der Waals surface area contributed by atoms with Gasteiger partial charge in [-0.1, -0.05) is 78.2 Å².